The number of amidine groups is 1. The maximum absolute atomic E-state index is 14.0. The number of nitro benzene ring substituents is 1. The van der Waals surface area contributed by atoms with E-state index in [0.717, 1.165) is 22.2 Å². The Hall–Kier alpha value is -3.70. The second-order valence-electron chi connectivity index (χ2n) is 9.60. The Morgan fingerprint density at radius 1 is 1.07 bits per heavy atom. The van der Waals surface area contributed by atoms with Gasteiger partial charge in [-0.15, -0.1) is 0 Å². The summed E-state index contributed by atoms with van der Waals surface area (Å²) in [5, 5.41) is 17.3. The van der Waals surface area contributed by atoms with Crippen LogP contribution in [0.2, 0.25) is 0 Å². The van der Waals surface area contributed by atoms with Gasteiger partial charge in [-0.1, -0.05) is 18.2 Å². The Kier molecular flexibility index (Phi) is 7.33. The van der Waals surface area contributed by atoms with Crippen molar-refractivity contribution in [1.29, 1.82) is 0 Å². The van der Waals surface area contributed by atoms with Crippen LogP contribution in [-0.4, -0.2) is 63.2 Å². The van der Waals surface area contributed by atoms with Crippen molar-refractivity contribution in [3.05, 3.63) is 104 Å². The van der Waals surface area contributed by atoms with Gasteiger partial charge in [-0.05, 0) is 65.3 Å². The van der Waals surface area contributed by atoms with Crippen molar-refractivity contribution in [2.75, 3.05) is 33.4 Å². The number of aliphatic imine (C=N–C) groups is 1. The number of fused-ring (bicyclic) bond motifs is 1. The van der Waals surface area contributed by atoms with Crippen LogP contribution in [0.5, 0.6) is 0 Å². The molecule has 0 unspecified atom stereocenters. The van der Waals surface area contributed by atoms with E-state index in [1.807, 2.05) is 49.0 Å². The molecule has 0 radical (unpaired) electrons. The molecule has 0 N–H and O–H groups in total. The van der Waals surface area contributed by atoms with Gasteiger partial charge in [0.1, 0.15) is 11.7 Å². The van der Waals surface area contributed by atoms with Crippen molar-refractivity contribution < 1.29 is 14.1 Å². The van der Waals surface area contributed by atoms with Crippen molar-refractivity contribution >= 4 is 51.6 Å². The quantitative estimate of drug-likeness (QED) is 0.144. The molecule has 2 aliphatic rings. The van der Waals surface area contributed by atoms with E-state index in [4.69, 9.17) is 19.6 Å². The fraction of sp³-hybridized carbons (Fsp3) is 0.214. The lowest BCUT2D eigenvalue weighted by Crippen LogP contribution is -2.45. The van der Waals surface area contributed by atoms with E-state index >= 15 is 0 Å². The standard InChI is InChI=1S/C28H26BrFN7O3P/c1-19-26-28(36(32-19)22-6-4-3-5-7-22)31-27(20-8-10-21(30)11-9-20)34(2)41(26,35-14-16-40-17-15-35)33-25-13-12-23(37(38)39)18-24(25)29/h3-13,18H,14-17H2,1-2H3/t41-/m0/s1. The summed E-state index contributed by atoms with van der Waals surface area (Å²) in [6.45, 7) is 4.23. The number of non-ortho nitro benzene ring substituents is 1. The highest BCUT2D eigenvalue weighted by Gasteiger charge is 2.45. The number of nitrogens with zero attached hydrogens (tertiary/aromatic N) is 7. The van der Waals surface area contributed by atoms with Crippen LogP contribution in [-0.2, 0) is 4.74 Å². The van der Waals surface area contributed by atoms with Gasteiger partial charge in [0.2, 0.25) is 0 Å². The molecule has 210 valence electrons. The first-order chi connectivity index (χ1) is 19.8. The highest BCUT2D eigenvalue weighted by molar-refractivity contribution is 9.10. The number of morpholine rings is 1. The molecule has 1 aromatic heterocycles. The topological polar surface area (TPSA) is 101 Å². The molecule has 1 atom stereocenters. The summed E-state index contributed by atoms with van der Waals surface area (Å²) in [7, 11) is -0.946. The molecule has 6 rings (SSSR count). The smallest absolute Gasteiger partial charge is 0.270 e. The van der Waals surface area contributed by atoms with Crippen molar-refractivity contribution in [2.24, 2.45) is 9.74 Å². The van der Waals surface area contributed by atoms with Crippen LogP contribution in [0.4, 0.5) is 21.6 Å². The molecule has 0 aliphatic carbocycles. The number of aromatic nitrogens is 2. The highest BCUT2D eigenvalue weighted by Crippen LogP contribution is 2.62. The van der Waals surface area contributed by atoms with Crippen molar-refractivity contribution in [1.82, 2.24) is 19.1 Å². The summed E-state index contributed by atoms with van der Waals surface area (Å²) >= 11 is 3.54. The normalized spacial score (nSPS) is 19.0. The Morgan fingerprint density at radius 3 is 2.44 bits per heavy atom. The number of rotatable bonds is 5. The zero-order valence-electron chi connectivity index (χ0n) is 22.3. The predicted octanol–water partition coefficient (Wildman–Crippen LogP) is 6.33. The molecule has 13 heteroatoms. The van der Waals surface area contributed by atoms with Gasteiger partial charge in [0.05, 0.1) is 45.0 Å². The molecule has 3 aromatic carbocycles. The van der Waals surface area contributed by atoms with Crippen LogP contribution >= 0.6 is 23.3 Å². The van der Waals surface area contributed by atoms with Crippen LogP contribution in [0, 0.1) is 22.9 Å². The monoisotopic (exact) mass is 637 g/mol. The summed E-state index contributed by atoms with van der Waals surface area (Å²) in [5.41, 5.74) is 2.89. The van der Waals surface area contributed by atoms with Crippen LogP contribution in [0.3, 0.4) is 0 Å². The minimum Gasteiger partial charge on any atom is -0.379 e. The lowest BCUT2D eigenvalue weighted by Gasteiger charge is -2.46. The molecule has 0 bridgehead atoms. The summed E-state index contributed by atoms with van der Waals surface area (Å²) in [6.07, 6.45) is 0. The third-order valence-corrected chi connectivity index (χ3v) is 11.6. The van der Waals surface area contributed by atoms with E-state index in [2.05, 4.69) is 25.3 Å². The first kappa shape index (κ1) is 27.5. The number of para-hydroxylation sites is 1. The van der Waals surface area contributed by atoms with Gasteiger partial charge in [-0.3, -0.25) is 10.1 Å². The number of halogens is 2. The minimum atomic E-state index is -2.90. The summed E-state index contributed by atoms with van der Waals surface area (Å²) in [6, 6.07) is 20.6. The second kappa shape index (κ2) is 10.9. The second-order valence-corrected chi connectivity index (χ2v) is 13.4. The van der Waals surface area contributed by atoms with Crippen LogP contribution < -0.4 is 5.30 Å². The maximum Gasteiger partial charge on any atom is 0.270 e. The number of ether oxygens (including phenoxy) is 1. The third kappa shape index (κ3) is 4.80. The van der Waals surface area contributed by atoms with Crippen LogP contribution in [0.1, 0.15) is 11.3 Å². The average Bonchev–Trinajstić information content (AvgIpc) is 3.33. The number of nitro groups is 1. The fourth-order valence-electron chi connectivity index (χ4n) is 5.20. The third-order valence-electron chi connectivity index (χ3n) is 7.12. The molecule has 0 spiro atoms. The van der Waals surface area contributed by atoms with Crippen molar-refractivity contribution in [3.63, 3.8) is 0 Å². The predicted molar refractivity (Wildman–Crippen MR) is 160 cm³/mol. The lowest BCUT2D eigenvalue weighted by atomic mass is 10.2. The first-order valence-corrected chi connectivity index (χ1v) is 15.4. The van der Waals surface area contributed by atoms with Gasteiger partial charge in [0, 0.05) is 37.8 Å². The summed E-state index contributed by atoms with van der Waals surface area (Å²) < 4.78 is 32.0. The Labute approximate surface area is 244 Å². The molecule has 10 nitrogen and oxygen atoms in total. The summed E-state index contributed by atoms with van der Waals surface area (Å²) in [4.78, 5) is 16.2. The molecule has 41 heavy (non-hydrogen) atoms. The Balaban J connectivity index is 1.70. The molecular formula is C28H26BrFN7O3P. The number of hydrogen-bond donors (Lipinski definition) is 0. The van der Waals surface area contributed by atoms with Crippen molar-refractivity contribution in [2.45, 2.75) is 6.92 Å². The number of hydrogen-bond acceptors (Lipinski definition) is 6. The van der Waals surface area contributed by atoms with Gasteiger partial charge in [-0.25, -0.2) is 23.5 Å². The molecule has 0 amide bonds. The average molecular weight is 638 g/mol. The molecule has 3 heterocycles. The molecular weight excluding hydrogens is 612 g/mol. The zero-order valence-corrected chi connectivity index (χ0v) is 24.8. The van der Waals surface area contributed by atoms with E-state index < -0.39 is 12.3 Å². The van der Waals surface area contributed by atoms with E-state index in [1.165, 1.54) is 24.3 Å². The molecule has 1 saturated heterocycles. The molecule has 1 fully saturated rings. The van der Waals surface area contributed by atoms with Gasteiger partial charge in [0.15, 0.2) is 13.2 Å². The number of benzene rings is 3. The Morgan fingerprint density at radius 2 is 1.78 bits per heavy atom. The fourth-order valence-corrected chi connectivity index (χ4v) is 9.63. The Bertz CT molecular complexity index is 1720. The molecule has 4 aromatic rings. The van der Waals surface area contributed by atoms with E-state index in [9.17, 15) is 14.5 Å². The lowest BCUT2D eigenvalue weighted by molar-refractivity contribution is -0.384. The summed E-state index contributed by atoms with van der Waals surface area (Å²) in [5.74, 6) is 0.927. The van der Waals surface area contributed by atoms with E-state index in [-0.39, 0.29) is 11.5 Å². The van der Waals surface area contributed by atoms with Gasteiger partial charge in [0.25, 0.3) is 5.69 Å². The van der Waals surface area contributed by atoms with Gasteiger partial charge >= 0.3 is 0 Å². The van der Waals surface area contributed by atoms with Crippen LogP contribution in [0.25, 0.3) is 5.69 Å². The largest absolute Gasteiger partial charge is 0.379 e. The van der Waals surface area contributed by atoms with E-state index in [1.54, 1.807) is 18.2 Å². The first-order valence-electron chi connectivity index (χ1n) is 12.9. The minimum absolute atomic E-state index is 0.0334. The zero-order chi connectivity index (χ0) is 28.7. The molecule has 2 aliphatic heterocycles. The maximum atomic E-state index is 14.0. The van der Waals surface area contributed by atoms with Crippen molar-refractivity contribution in [3.8, 4) is 5.69 Å². The highest BCUT2D eigenvalue weighted by atomic mass is 79.9. The van der Waals surface area contributed by atoms with Gasteiger partial charge in [-0.2, -0.15) is 5.10 Å². The molecule has 0 saturated carbocycles. The van der Waals surface area contributed by atoms with Gasteiger partial charge < -0.3 is 9.41 Å². The number of aryl methyl sites for hydroxylation is 1. The SMILES string of the molecule is Cc1nn(-c2ccccc2)c2c1[P@@](=Nc1ccc([N+](=O)[O-])cc1Br)(N1CCOCC1)N(C)C(c1ccc(F)cc1)=N2. The van der Waals surface area contributed by atoms with Crippen LogP contribution in [0.15, 0.2) is 87.0 Å². The van der Waals surface area contributed by atoms with E-state index in [0.29, 0.717) is 48.1 Å².